The fourth-order valence-electron chi connectivity index (χ4n) is 2.42. The molecule has 0 aliphatic rings. The first-order valence-corrected chi connectivity index (χ1v) is 7.35. The second kappa shape index (κ2) is 4.80. The molecule has 0 unspecified atom stereocenters. The van der Waals surface area contributed by atoms with Crippen molar-refractivity contribution in [3.8, 4) is 0 Å². The number of nitrogens with one attached hydrogen (secondary N) is 1. The van der Waals surface area contributed by atoms with E-state index in [0.717, 1.165) is 32.3 Å². The van der Waals surface area contributed by atoms with Crippen molar-refractivity contribution in [2.45, 2.75) is 20.8 Å². The number of hydrogen-bond donors (Lipinski definition) is 2. The molecule has 4 heteroatoms. The smallest absolute Gasteiger partial charge is 0.0907 e. The van der Waals surface area contributed by atoms with Crippen LogP contribution in [0.2, 0.25) is 0 Å². The van der Waals surface area contributed by atoms with E-state index in [1.165, 1.54) is 11.1 Å². The Balaban J connectivity index is 2.03. The average molecular weight is 283 g/mol. The third-order valence-corrected chi connectivity index (χ3v) is 4.10. The van der Waals surface area contributed by atoms with Gasteiger partial charge in [0, 0.05) is 5.69 Å². The first-order chi connectivity index (χ1) is 9.51. The van der Waals surface area contributed by atoms with Gasteiger partial charge in [0.25, 0.3) is 0 Å². The first-order valence-electron chi connectivity index (χ1n) is 6.53. The lowest BCUT2D eigenvalue weighted by Crippen LogP contribution is -1.97. The van der Waals surface area contributed by atoms with Gasteiger partial charge in [-0.1, -0.05) is 6.07 Å². The molecule has 2 aromatic carbocycles. The molecule has 0 aliphatic carbocycles. The predicted molar refractivity (Wildman–Crippen MR) is 88.0 cm³/mol. The van der Waals surface area contributed by atoms with Crippen molar-refractivity contribution in [1.82, 2.24) is 4.98 Å². The highest BCUT2D eigenvalue weighted by Gasteiger charge is 2.07. The summed E-state index contributed by atoms with van der Waals surface area (Å²) in [7, 11) is 0. The number of fused-ring (bicyclic) bond motifs is 1. The van der Waals surface area contributed by atoms with Crippen LogP contribution in [-0.4, -0.2) is 4.98 Å². The van der Waals surface area contributed by atoms with E-state index >= 15 is 0 Å². The van der Waals surface area contributed by atoms with Crippen LogP contribution in [-0.2, 0) is 0 Å². The third-order valence-electron chi connectivity index (χ3n) is 3.17. The molecular weight excluding hydrogens is 266 g/mol. The Morgan fingerprint density at radius 1 is 1.00 bits per heavy atom. The molecule has 0 aliphatic heterocycles. The molecule has 0 amide bonds. The van der Waals surface area contributed by atoms with Crippen molar-refractivity contribution in [1.29, 1.82) is 0 Å². The monoisotopic (exact) mass is 283 g/mol. The van der Waals surface area contributed by atoms with E-state index < -0.39 is 0 Å². The third kappa shape index (κ3) is 2.47. The van der Waals surface area contributed by atoms with Gasteiger partial charge in [0.1, 0.15) is 0 Å². The maximum Gasteiger partial charge on any atom is 0.0907 e. The van der Waals surface area contributed by atoms with Gasteiger partial charge in [0.05, 0.1) is 26.6 Å². The Kier molecular flexibility index (Phi) is 3.10. The minimum absolute atomic E-state index is 0.750. The molecule has 3 nitrogen and oxygen atoms in total. The van der Waals surface area contributed by atoms with E-state index in [1.807, 2.05) is 19.1 Å². The largest absolute Gasteiger partial charge is 0.397 e. The minimum atomic E-state index is 0.750. The van der Waals surface area contributed by atoms with E-state index in [0.29, 0.717) is 0 Å². The summed E-state index contributed by atoms with van der Waals surface area (Å²) in [5, 5.41) is 4.45. The quantitative estimate of drug-likeness (QED) is 0.678. The van der Waals surface area contributed by atoms with Crippen molar-refractivity contribution >= 4 is 38.6 Å². The first kappa shape index (κ1) is 12.9. The molecule has 20 heavy (non-hydrogen) atoms. The SMILES string of the molecule is Cc1cc(C)cc(Nc2cc3nc(C)sc3cc2N)c1. The number of benzene rings is 2. The molecular formula is C16H17N3S. The van der Waals surface area contributed by atoms with E-state index in [4.69, 9.17) is 5.73 Å². The fraction of sp³-hybridized carbons (Fsp3) is 0.188. The summed E-state index contributed by atoms with van der Waals surface area (Å²) >= 11 is 1.67. The van der Waals surface area contributed by atoms with Gasteiger partial charge in [-0.15, -0.1) is 11.3 Å². The van der Waals surface area contributed by atoms with Gasteiger partial charge < -0.3 is 11.1 Å². The van der Waals surface area contributed by atoms with Crippen LogP contribution in [0.3, 0.4) is 0 Å². The van der Waals surface area contributed by atoms with Gasteiger partial charge in [-0.25, -0.2) is 4.98 Å². The van der Waals surface area contributed by atoms with Crippen LogP contribution in [0.25, 0.3) is 10.2 Å². The molecule has 0 atom stereocenters. The van der Waals surface area contributed by atoms with Gasteiger partial charge in [-0.05, 0) is 56.2 Å². The number of anilines is 3. The highest BCUT2D eigenvalue weighted by molar-refractivity contribution is 7.18. The number of hydrogen-bond acceptors (Lipinski definition) is 4. The Hall–Kier alpha value is -2.07. The second-order valence-electron chi connectivity index (χ2n) is 5.14. The van der Waals surface area contributed by atoms with Crippen LogP contribution >= 0.6 is 11.3 Å². The maximum atomic E-state index is 6.14. The summed E-state index contributed by atoms with van der Waals surface area (Å²) in [6.07, 6.45) is 0. The van der Waals surface area contributed by atoms with E-state index in [2.05, 4.69) is 42.3 Å². The lowest BCUT2D eigenvalue weighted by molar-refractivity contribution is 1.34. The van der Waals surface area contributed by atoms with Crippen molar-refractivity contribution in [3.05, 3.63) is 46.5 Å². The predicted octanol–water partition coefficient (Wildman–Crippen LogP) is 4.55. The lowest BCUT2D eigenvalue weighted by atomic mass is 10.1. The van der Waals surface area contributed by atoms with Gasteiger partial charge in [-0.2, -0.15) is 0 Å². The number of nitrogen functional groups attached to an aromatic ring is 1. The highest BCUT2D eigenvalue weighted by atomic mass is 32.1. The summed E-state index contributed by atoms with van der Waals surface area (Å²) in [5.41, 5.74) is 12.3. The van der Waals surface area contributed by atoms with Crippen LogP contribution in [0.4, 0.5) is 17.1 Å². The van der Waals surface area contributed by atoms with Gasteiger partial charge >= 0.3 is 0 Å². The van der Waals surface area contributed by atoms with Crippen molar-refractivity contribution in [3.63, 3.8) is 0 Å². The zero-order valence-electron chi connectivity index (χ0n) is 11.8. The summed E-state index contributed by atoms with van der Waals surface area (Å²) in [6, 6.07) is 10.4. The number of aryl methyl sites for hydroxylation is 3. The topological polar surface area (TPSA) is 50.9 Å². The van der Waals surface area contributed by atoms with Crippen LogP contribution in [0, 0.1) is 20.8 Å². The van der Waals surface area contributed by atoms with Crippen LogP contribution in [0.1, 0.15) is 16.1 Å². The molecule has 0 bridgehead atoms. The van der Waals surface area contributed by atoms with E-state index in [1.54, 1.807) is 11.3 Å². The van der Waals surface area contributed by atoms with Gasteiger partial charge in [0.2, 0.25) is 0 Å². The fourth-order valence-corrected chi connectivity index (χ4v) is 3.27. The summed E-state index contributed by atoms with van der Waals surface area (Å²) < 4.78 is 1.13. The van der Waals surface area contributed by atoms with Crippen LogP contribution < -0.4 is 11.1 Å². The number of nitrogens with two attached hydrogens (primary N) is 1. The summed E-state index contributed by atoms with van der Waals surface area (Å²) in [5.74, 6) is 0. The average Bonchev–Trinajstić information content (AvgIpc) is 2.67. The molecule has 1 heterocycles. The van der Waals surface area contributed by atoms with E-state index in [9.17, 15) is 0 Å². The molecule has 0 spiro atoms. The molecule has 3 aromatic rings. The maximum absolute atomic E-state index is 6.14. The molecule has 1 aromatic heterocycles. The second-order valence-corrected chi connectivity index (χ2v) is 6.38. The van der Waals surface area contributed by atoms with Crippen molar-refractivity contribution in [2.75, 3.05) is 11.1 Å². The molecule has 3 rings (SSSR count). The number of rotatable bonds is 2. The van der Waals surface area contributed by atoms with Crippen LogP contribution in [0.5, 0.6) is 0 Å². The normalized spacial score (nSPS) is 10.9. The van der Waals surface area contributed by atoms with E-state index in [-0.39, 0.29) is 0 Å². The lowest BCUT2D eigenvalue weighted by Gasteiger charge is -2.11. The zero-order chi connectivity index (χ0) is 14.3. The number of aromatic nitrogens is 1. The molecule has 102 valence electrons. The molecule has 3 N–H and O–H groups in total. The minimum Gasteiger partial charge on any atom is -0.397 e. The summed E-state index contributed by atoms with van der Waals surface area (Å²) in [6.45, 7) is 6.20. The molecule has 0 radical (unpaired) electrons. The number of nitrogens with zero attached hydrogens (tertiary/aromatic N) is 1. The Bertz CT molecular complexity index is 770. The Morgan fingerprint density at radius 2 is 1.70 bits per heavy atom. The van der Waals surface area contributed by atoms with Crippen LogP contribution in [0.15, 0.2) is 30.3 Å². The molecule has 0 fully saturated rings. The van der Waals surface area contributed by atoms with Crippen molar-refractivity contribution < 1.29 is 0 Å². The zero-order valence-corrected chi connectivity index (χ0v) is 12.6. The van der Waals surface area contributed by atoms with Crippen molar-refractivity contribution in [2.24, 2.45) is 0 Å². The van der Waals surface area contributed by atoms with Gasteiger partial charge in [0.15, 0.2) is 0 Å². The summed E-state index contributed by atoms with van der Waals surface area (Å²) in [4.78, 5) is 4.51. The molecule has 0 saturated heterocycles. The highest BCUT2D eigenvalue weighted by Crippen LogP contribution is 2.31. The Morgan fingerprint density at radius 3 is 2.40 bits per heavy atom. The molecule has 0 saturated carbocycles. The number of thiazole rings is 1. The standard InChI is InChI=1S/C16H17N3S/c1-9-4-10(2)6-12(5-9)19-14-8-15-16(7-13(14)17)20-11(3)18-15/h4-8,19H,17H2,1-3H3. The van der Waals surface area contributed by atoms with Gasteiger partial charge in [-0.3, -0.25) is 0 Å². The Labute approximate surface area is 122 Å².